The fraction of sp³-hybridized carbons (Fsp3) is 0.0909. The highest BCUT2D eigenvalue weighted by atomic mass is 32.2. The minimum atomic E-state index is -1.15. The van der Waals surface area contributed by atoms with E-state index < -0.39 is 10.8 Å². The molecule has 0 saturated carbocycles. The lowest BCUT2D eigenvalue weighted by atomic mass is 10.3. The number of fused-ring (bicyclic) bond motifs is 1. The van der Waals surface area contributed by atoms with Gasteiger partial charge >= 0.3 is 0 Å². The van der Waals surface area contributed by atoms with Crippen LogP contribution in [0, 0.1) is 0 Å². The SMILES string of the molecule is O=S(Cc1cccnc1)c1nc2cscc2[nH]1. The zero-order valence-electron chi connectivity index (χ0n) is 8.79. The molecule has 0 radical (unpaired) electrons. The summed E-state index contributed by atoms with van der Waals surface area (Å²) < 4.78 is 12.1. The van der Waals surface area contributed by atoms with Crippen LogP contribution in [0.4, 0.5) is 0 Å². The van der Waals surface area contributed by atoms with Gasteiger partial charge in [0.15, 0.2) is 5.16 Å². The zero-order valence-corrected chi connectivity index (χ0v) is 10.4. The van der Waals surface area contributed by atoms with Crippen LogP contribution in [0.5, 0.6) is 0 Å². The van der Waals surface area contributed by atoms with Crippen molar-refractivity contribution in [2.75, 3.05) is 0 Å². The van der Waals surface area contributed by atoms with Crippen molar-refractivity contribution in [3.8, 4) is 0 Å². The number of hydrogen-bond donors (Lipinski definition) is 1. The number of aromatic amines is 1. The highest BCUT2D eigenvalue weighted by Crippen LogP contribution is 2.18. The third-order valence-electron chi connectivity index (χ3n) is 2.34. The van der Waals surface area contributed by atoms with E-state index in [1.54, 1.807) is 23.7 Å². The first-order valence-electron chi connectivity index (χ1n) is 5.02. The van der Waals surface area contributed by atoms with E-state index in [-0.39, 0.29) is 0 Å². The molecule has 0 saturated heterocycles. The second-order valence-electron chi connectivity index (χ2n) is 3.56. The Balaban J connectivity index is 1.85. The molecule has 0 bridgehead atoms. The largest absolute Gasteiger partial charge is 0.330 e. The number of aromatic nitrogens is 3. The minimum Gasteiger partial charge on any atom is -0.330 e. The molecule has 0 aromatic carbocycles. The molecule has 4 nitrogen and oxygen atoms in total. The summed E-state index contributed by atoms with van der Waals surface area (Å²) in [5.74, 6) is 0.438. The molecule has 0 fully saturated rings. The maximum absolute atomic E-state index is 12.1. The van der Waals surface area contributed by atoms with Crippen LogP contribution in [-0.2, 0) is 16.6 Å². The standard InChI is InChI=1S/C11H9N3OS2/c15-17(7-8-2-1-3-12-4-8)11-13-9-5-16-6-10(9)14-11/h1-6H,7H2,(H,13,14). The van der Waals surface area contributed by atoms with Crippen LogP contribution in [-0.4, -0.2) is 19.2 Å². The maximum atomic E-state index is 12.1. The van der Waals surface area contributed by atoms with Crippen LogP contribution in [0.1, 0.15) is 5.56 Å². The summed E-state index contributed by atoms with van der Waals surface area (Å²) in [4.78, 5) is 11.4. The molecule has 1 N–H and O–H groups in total. The van der Waals surface area contributed by atoms with E-state index in [1.165, 1.54) is 0 Å². The molecule has 3 rings (SSSR count). The van der Waals surface area contributed by atoms with Gasteiger partial charge in [0, 0.05) is 23.2 Å². The molecule has 17 heavy (non-hydrogen) atoms. The van der Waals surface area contributed by atoms with Crippen LogP contribution >= 0.6 is 11.3 Å². The molecule has 0 aliphatic carbocycles. The summed E-state index contributed by atoms with van der Waals surface area (Å²) in [7, 11) is -1.15. The molecule has 0 amide bonds. The van der Waals surface area contributed by atoms with Gasteiger partial charge in [-0.3, -0.25) is 9.19 Å². The third-order valence-corrected chi connectivity index (χ3v) is 4.29. The maximum Gasteiger partial charge on any atom is 0.197 e. The molecule has 3 aromatic rings. The summed E-state index contributed by atoms with van der Waals surface area (Å²) in [5, 5.41) is 4.44. The third kappa shape index (κ3) is 2.13. The zero-order chi connectivity index (χ0) is 11.7. The van der Waals surface area contributed by atoms with Crippen LogP contribution in [0.15, 0.2) is 40.4 Å². The van der Waals surface area contributed by atoms with Gasteiger partial charge in [-0.15, -0.1) is 11.3 Å². The quantitative estimate of drug-likeness (QED) is 0.789. The van der Waals surface area contributed by atoms with Gasteiger partial charge in [0.25, 0.3) is 0 Å². The Labute approximate surface area is 104 Å². The number of nitrogens with one attached hydrogen (secondary N) is 1. The Hall–Kier alpha value is -1.53. The Morgan fingerprint density at radius 3 is 3.12 bits per heavy atom. The van der Waals surface area contributed by atoms with E-state index in [4.69, 9.17) is 0 Å². The Kier molecular flexibility index (Phi) is 2.74. The van der Waals surface area contributed by atoms with Crippen molar-refractivity contribution < 1.29 is 4.21 Å². The lowest BCUT2D eigenvalue weighted by Crippen LogP contribution is -1.98. The topological polar surface area (TPSA) is 58.6 Å². The average molecular weight is 263 g/mol. The van der Waals surface area contributed by atoms with Crippen LogP contribution in [0.25, 0.3) is 11.0 Å². The second kappa shape index (κ2) is 4.38. The summed E-state index contributed by atoms with van der Waals surface area (Å²) in [6, 6.07) is 3.75. The van der Waals surface area contributed by atoms with E-state index in [2.05, 4.69) is 15.0 Å². The van der Waals surface area contributed by atoms with E-state index in [0.29, 0.717) is 10.9 Å². The Morgan fingerprint density at radius 1 is 1.41 bits per heavy atom. The first kappa shape index (κ1) is 10.6. The molecule has 3 aromatic heterocycles. The average Bonchev–Trinajstić information content (AvgIpc) is 2.90. The highest BCUT2D eigenvalue weighted by molar-refractivity contribution is 7.84. The lowest BCUT2D eigenvalue weighted by molar-refractivity contribution is 0.677. The number of pyridine rings is 1. The second-order valence-corrected chi connectivity index (χ2v) is 5.67. The molecule has 0 spiro atoms. The smallest absolute Gasteiger partial charge is 0.197 e. The molecule has 0 aliphatic rings. The molecule has 86 valence electrons. The summed E-state index contributed by atoms with van der Waals surface area (Å²) in [6.07, 6.45) is 3.43. The number of imidazole rings is 1. The summed E-state index contributed by atoms with van der Waals surface area (Å²) >= 11 is 1.58. The van der Waals surface area contributed by atoms with Crippen molar-refractivity contribution >= 4 is 33.2 Å². The predicted molar refractivity (Wildman–Crippen MR) is 68.3 cm³/mol. The van der Waals surface area contributed by atoms with Crippen molar-refractivity contribution in [1.29, 1.82) is 0 Å². The van der Waals surface area contributed by atoms with Crippen molar-refractivity contribution in [3.05, 3.63) is 40.8 Å². The van der Waals surface area contributed by atoms with Gasteiger partial charge in [-0.25, -0.2) is 4.98 Å². The van der Waals surface area contributed by atoms with E-state index >= 15 is 0 Å². The molecule has 6 heteroatoms. The number of rotatable bonds is 3. The van der Waals surface area contributed by atoms with E-state index in [9.17, 15) is 4.21 Å². The van der Waals surface area contributed by atoms with Gasteiger partial charge in [-0.2, -0.15) is 0 Å². The fourth-order valence-electron chi connectivity index (χ4n) is 1.53. The molecular weight excluding hydrogens is 254 g/mol. The predicted octanol–water partition coefficient (Wildman–Crippen LogP) is 2.33. The monoisotopic (exact) mass is 263 g/mol. The number of hydrogen-bond acceptors (Lipinski definition) is 4. The molecule has 1 atom stereocenters. The number of nitrogens with zero attached hydrogens (tertiary/aromatic N) is 2. The van der Waals surface area contributed by atoms with Crippen LogP contribution < -0.4 is 0 Å². The molecule has 3 heterocycles. The van der Waals surface area contributed by atoms with Crippen molar-refractivity contribution in [2.24, 2.45) is 0 Å². The van der Waals surface area contributed by atoms with Crippen molar-refractivity contribution in [2.45, 2.75) is 10.9 Å². The normalized spacial score (nSPS) is 12.9. The molecule has 0 aliphatic heterocycles. The Morgan fingerprint density at radius 2 is 2.35 bits per heavy atom. The number of H-pyrrole nitrogens is 1. The molecular formula is C11H9N3OS2. The van der Waals surface area contributed by atoms with Gasteiger partial charge < -0.3 is 4.98 Å². The van der Waals surface area contributed by atoms with Gasteiger partial charge in [0.2, 0.25) is 0 Å². The van der Waals surface area contributed by atoms with Crippen molar-refractivity contribution in [3.63, 3.8) is 0 Å². The van der Waals surface area contributed by atoms with Gasteiger partial charge in [-0.05, 0) is 11.6 Å². The van der Waals surface area contributed by atoms with Gasteiger partial charge in [0.1, 0.15) is 5.52 Å². The lowest BCUT2D eigenvalue weighted by Gasteiger charge is -1.98. The van der Waals surface area contributed by atoms with Crippen LogP contribution in [0.2, 0.25) is 0 Å². The van der Waals surface area contributed by atoms with Gasteiger partial charge in [-0.1, -0.05) is 6.07 Å². The van der Waals surface area contributed by atoms with Crippen molar-refractivity contribution in [1.82, 2.24) is 15.0 Å². The highest BCUT2D eigenvalue weighted by Gasteiger charge is 2.11. The van der Waals surface area contributed by atoms with E-state index in [1.807, 2.05) is 22.9 Å². The first-order valence-corrected chi connectivity index (χ1v) is 7.28. The fourth-order valence-corrected chi connectivity index (χ4v) is 3.26. The van der Waals surface area contributed by atoms with Crippen LogP contribution in [0.3, 0.4) is 0 Å². The Bertz CT molecular complexity index is 631. The summed E-state index contributed by atoms with van der Waals surface area (Å²) in [5.41, 5.74) is 2.78. The minimum absolute atomic E-state index is 0.438. The number of thiophene rings is 1. The summed E-state index contributed by atoms with van der Waals surface area (Å²) in [6.45, 7) is 0. The first-order chi connectivity index (χ1) is 8.33. The van der Waals surface area contributed by atoms with Gasteiger partial charge in [0.05, 0.1) is 22.1 Å². The molecule has 1 unspecified atom stereocenters. The van der Waals surface area contributed by atoms with E-state index in [0.717, 1.165) is 16.6 Å².